The van der Waals surface area contributed by atoms with Crippen molar-refractivity contribution in [1.29, 1.82) is 0 Å². The van der Waals surface area contributed by atoms with E-state index in [2.05, 4.69) is 61.8 Å². The van der Waals surface area contributed by atoms with Gasteiger partial charge in [0.1, 0.15) is 0 Å². The van der Waals surface area contributed by atoms with E-state index in [4.69, 9.17) is 9.47 Å². The van der Waals surface area contributed by atoms with Gasteiger partial charge < -0.3 is 14.6 Å². The van der Waals surface area contributed by atoms with E-state index in [1.807, 2.05) is 0 Å². The van der Waals surface area contributed by atoms with Crippen molar-refractivity contribution in [2.45, 2.75) is 246 Å². The van der Waals surface area contributed by atoms with Crippen LogP contribution in [-0.2, 0) is 19.1 Å². The zero-order valence-electron chi connectivity index (χ0n) is 41.0. The molecule has 0 aromatic rings. The molecule has 358 valence electrons. The molecule has 0 aromatic carbocycles. The second kappa shape index (κ2) is 43.5. The summed E-state index contributed by atoms with van der Waals surface area (Å²) in [6, 6.07) is 0.681. The van der Waals surface area contributed by atoms with E-state index in [0.717, 1.165) is 96.9 Å². The van der Waals surface area contributed by atoms with E-state index in [1.54, 1.807) is 0 Å². The molecule has 0 aromatic heterocycles. The van der Waals surface area contributed by atoms with Crippen molar-refractivity contribution in [1.82, 2.24) is 9.80 Å². The molecule has 0 bridgehead atoms. The van der Waals surface area contributed by atoms with Gasteiger partial charge in [0, 0.05) is 44.4 Å². The molecule has 2 unspecified atom stereocenters. The zero-order valence-corrected chi connectivity index (χ0v) is 41.0. The number of hydrogen-bond acceptors (Lipinski definition) is 7. The third-order valence-corrected chi connectivity index (χ3v) is 13.0. The maximum Gasteiger partial charge on any atom is 0.306 e. The number of aliphatic hydroxyl groups excluding tert-OH is 1. The molecule has 61 heavy (non-hydrogen) atoms. The molecule has 1 saturated carbocycles. The molecule has 0 radical (unpaired) electrons. The topological polar surface area (TPSA) is 79.3 Å². The molecule has 0 amide bonds. The minimum atomic E-state index is -0.111. The Morgan fingerprint density at radius 3 is 1.69 bits per heavy atom. The molecule has 2 atom stereocenters. The highest BCUT2D eigenvalue weighted by atomic mass is 16.5. The first-order chi connectivity index (χ1) is 30.0. The Labute approximate surface area is 379 Å². The molecule has 0 aliphatic heterocycles. The van der Waals surface area contributed by atoms with Crippen molar-refractivity contribution in [3.8, 4) is 0 Å². The van der Waals surface area contributed by atoms with Gasteiger partial charge in [-0.25, -0.2) is 0 Å². The van der Waals surface area contributed by atoms with Gasteiger partial charge in [0.15, 0.2) is 0 Å². The second-order valence-electron chi connectivity index (χ2n) is 18.7. The first-order valence-corrected chi connectivity index (χ1v) is 26.7. The van der Waals surface area contributed by atoms with Crippen LogP contribution in [0.5, 0.6) is 0 Å². The van der Waals surface area contributed by atoms with Gasteiger partial charge in [0.2, 0.25) is 0 Å². The monoisotopic (exact) mass is 859 g/mol. The molecule has 0 heterocycles. The average Bonchev–Trinajstić information content (AvgIpc) is 3.24. The van der Waals surface area contributed by atoms with Crippen LogP contribution in [0.2, 0.25) is 0 Å². The van der Waals surface area contributed by atoms with Crippen LogP contribution < -0.4 is 0 Å². The summed E-state index contributed by atoms with van der Waals surface area (Å²) in [5.74, 6) is 0.257. The third-order valence-electron chi connectivity index (χ3n) is 13.0. The van der Waals surface area contributed by atoms with E-state index in [0.29, 0.717) is 38.0 Å². The predicted molar refractivity (Wildman–Crippen MR) is 261 cm³/mol. The van der Waals surface area contributed by atoms with Gasteiger partial charge in [-0.15, -0.1) is 0 Å². The number of hydrogen-bond donors (Lipinski definition) is 1. The Kier molecular flexibility index (Phi) is 40.9. The summed E-state index contributed by atoms with van der Waals surface area (Å²) >= 11 is 0. The maximum absolute atomic E-state index is 13.3. The fourth-order valence-corrected chi connectivity index (χ4v) is 8.61. The van der Waals surface area contributed by atoms with Crippen LogP contribution in [0.3, 0.4) is 0 Å². The smallest absolute Gasteiger partial charge is 0.306 e. The highest BCUT2D eigenvalue weighted by Crippen LogP contribution is 2.26. The van der Waals surface area contributed by atoms with Gasteiger partial charge in [0.25, 0.3) is 0 Å². The fraction of sp³-hybridized carbons (Fsp3) is 0.889. The quantitative estimate of drug-likeness (QED) is 0.0371. The number of allylic oxidation sites excluding steroid dienone is 4. The van der Waals surface area contributed by atoms with E-state index in [9.17, 15) is 14.7 Å². The Balaban J connectivity index is 2.63. The molecule has 7 nitrogen and oxygen atoms in total. The minimum absolute atomic E-state index is 0.0327. The third kappa shape index (κ3) is 35.4. The van der Waals surface area contributed by atoms with Gasteiger partial charge in [-0.2, -0.15) is 0 Å². The lowest BCUT2D eigenvalue weighted by Crippen LogP contribution is -2.45. The lowest BCUT2D eigenvalue weighted by atomic mass is 9.91. The number of aliphatic hydroxyl groups is 1. The molecule has 1 rings (SSSR count). The van der Waals surface area contributed by atoms with Crippen molar-refractivity contribution in [3.63, 3.8) is 0 Å². The van der Waals surface area contributed by atoms with Gasteiger partial charge in [-0.1, -0.05) is 168 Å². The molecule has 1 N–H and O–H groups in total. The summed E-state index contributed by atoms with van der Waals surface area (Å²) in [5, 5.41) is 9.63. The summed E-state index contributed by atoms with van der Waals surface area (Å²) < 4.78 is 11.9. The van der Waals surface area contributed by atoms with Crippen LogP contribution in [0.4, 0.5) is 0 Å². The van der Waals surface area contributed by atoms with Crippen LogP contribution >= 0.6 is 0 Å². The lowest BCUT2D eigenvalue weighted by molar-refractivity contribution is -0.150. The van der Waals surface area contributed by atoms with Crippen LogP contribution in [0, 0.1) is 11.8 Å². The summed E-state index contributed by atoms with van der Waals surface area (Å²) in [4.78, 5) is 31.3. The van der Waals surface area contributed by atoms with Gasteiger partial charge in [0.05, 0.1) is 19.8 Å². The average molecular weight is 859 g/mol. The van der Waals surface area contributed by atoms with Crippen LogP contribution in [0.25, 0.3) is 0 Å². The molecule has 0 saturated heterocycles. The molecule has 0 spiro atoms. The molecular weight excluding hydrogens is 757 g/mol. The van der Waals surface area contributed by atoms with Gasteiger partial charge in [-0.05, 0) is 102 Å². The van der Waals surface area contributed by atoms with E-state index >= 15 is 0 Å². The number of esters is 2. The van der Waals surface area contributed by atoms with Crippen molar-refractivity contribution in [3.05, 3.63) is 24.3 Å². The van der Waals surface area contributed by atoms with Gasteiger partial charge in [-0.3, -0.25) is 19.4 Å². The van der Waals surface area contributed by atoms with Crippen molar-refractivity contribution < 1.29 is 24.2 Å². The molecule has 1 aliphatic rings. The minimum Gasteiger partial charge on any atom is -0.465 e. The molecule has 1 aliphatic carbocycles. The summed E-state index contributed by atoms with van der Waals surface area (Å²) in [5.41, 5.74) is 0. The Hall–Kier alpha value is -1.70. The second-order valence-corrected chi connectivity index (χ2v) is 18.7. The van der Waals surface area contributed by atoms with E-state index in [1.165, 1.54) is 135 Å². The predicted octanol–water partition coefficient (Wildman–Crippen LogP) is 14.3. The Morgan fingerprint density at radius 2 is 1.07 bits per heavy atom. The normalized spacial score (nSPS) is 14.4. The largest absolute Gasteiger partial charge is 0.465 e. The van der Waals surface area contributed by atoms with Gasteiger partial charge >= 0.3 is 11.9 Å². The number of carbonyl (C=O) groups excluding carboxylic acids is 2. The van der Waals surface area contributed by atoms with Crippen molar-refractivity contribution in [2.75, 3.05) is 52.5 Å². The molecular formula is C54H102N2O5. The van der Waals surface area contributed by atoms with E-state index < -0.39 is 0 Å². The van der Waals surface area contributed by atoms with Crippen LogP contribution in [-0.4, -0.2) is 85.4 Å². The standard InChI is InChI=1S/C54H102N2O5/c1-5-9-13-16-18-19-20-21-22-23-24-25-26-28-31-40-53(58)60-48-51(37-32-33-42-56(52-38-34-39-52)44-43-55(45-46-57)41-12-8-4)49-61-54(59)47-50(35-29-15-11-7-3)36-30-27-17-14-10-6-2/h18-19,21-22,50-52,57H,5-17,20,23-49H2,1-4H3/b19-18-,22-21-. The Morgan fingerprint density at radius 1 is 0.541 bits per heavy atom. The number of rotatable bonds is 46. The summed E-state index contributed by atoms with van der Waals surface area (Å²) in [6.45, 7) is 14.9. The summed E-state index contributed by atoms with van der Waals surface area (Å²) in [6.07, 6.45) is 47.1. The highest BCUT2D eigenvalue weighted by molar-refractivity contribution is 5.70. The Bertz CT molecular complexity index is 1030. The number of ether oxygens (including phenoxy) is 2. The first-order valence-electron chi connectivity index (χ1n) is 26.7. The highest BCUT2D eigenvalue weighted by Gasteiger charge is 2.25. The van der Waals surface area contributed by atoms with Crippen LogP contribution in [0.15, 0.2) is 24.3 Å². The fourth-order valence-electron chi connectivity index (χ4n) is 8.61. The molecule has 1 fully saturated rings. The number of carbonyl (C=O) groups is 2. The lowest BCUT2D eigenvalue weighted by Gasteiger charge is -2.39. The SMILES string of the molecule is CCCCC/C=C\C/C=C\CCCCCCCC(=O)OCC(CCCCN(CCN(CCO)CCCC)C1CCC1)COC(=O)CC(CCCCCC)CCCCCCCC. The summed E-state index contributed by atoms with van der Waals surface area (Å²) in [7, 11) is 0. The van der Waals surface area contributed by atoms with Crippen LogP contribution in [0.1, 0.15) is 240 Å². The molecule has 7 heteroatoms. The van der Waals surface area contributed by atoms with E-state index in [-0.39, 0.29) is 24.5 Å². The number of unbranched alkanes of at least 4 members (excludes halogenated alkanes) is 18. The van der Waals surface area contributed by atoms with Crippen molar-refractivity contribution >= 4 is 11.9 Å². The zero-order chi connectivity index (χ0) is 44.3. The number of nitrogens with zero attached hydrogens (tertiary/aromatic N) is 2. The van der Waals surface area contributed by atoms with Crippen molar-refractivity contribution in [2.24, 2.45) is 11.8 Å². The maximum atomic E-state index is 13.3. The first kappa shape index (κ1) is 57.3.